The second-order valence-electron chi connectivity index (χ2n) is 5.45. The molecule has 0 aliphatic carbocycles. The number of esters is 1. The zero-order valence-electron chi connectivity index (χ0n) is 13.7. The third-order valence-electron chi connectivity index (χ3n) is 3.64. The number of carbonyl (C=O) groups is 2. The highest BCUT2D eigenvalue weighted by molar-refractivity contribution is 9.10. The molecule has 0 radical (unpaired) electrons. The van der Waals surface area contributed by atoms with Crippen molar-refractivity contribution < 1.29 is 19.1 Å². The molecule has 4 nitrogen and oxygen atoms in total. The zero-order valence-corrected chi connectivity index (χ0v) is 15.3. The van der Waals surface area contributed by atoms with Crippen molar-refractivity contribution in [1.82, 2.24) is 0 Å². The number of halogens is 1. The summed E-state index contributed by atoms with van der Waals surface area (Å²) in [4.78, 5) is 23.0. The minimum atomic E-state index is -0.581. The van der Waals surface area contributed by atoms with Crippen LogP contribution in [-0.4, -0.2) is 18.9 Å². The molecule has 5 heteroatoms. The van der Waals surface area contributed by atoms with Gasteiger partial charge in [-0.1, -0.05) is 58.4 Å². The Bertz CT molecular complexity index is 905. The van der Waals surface area contributed by atoms with Gasteiger partial charge in [0.25, 0.3) is 0 Å². The number of benzene rings is 3. The van der Waals surface area contributed by atoms with E-state index in [2.05, 4.69) is 15.9 Å². The highest BCUT2D eigenvalue weighted by atomic mass is 79.9. The van der Waals surface area contributed by atoms with Crippen LogP contribution in [0.4, 0.5) is 0 Å². The van der Waals surface area contributed by atoms with E-state index in [1.54, 1.807) is 30.3 Å². The number of hydrogen-bond acceptors (Lipinski definition) is 4. The normalized spacial score (nSPS) is 10.2. The van der Waals surface area contributed by atoms with E-state index in [1.165, 1.54) is 0 Å². The van der Waals surface area contributed by atoms with Crippen molar-refractivity contribution in [3.05, 3.63) is 82.8 Å². The molecule has 3 aromatic carbocycles. The molecule has 0 heterocycles. The van der Waals surface area contributed by atoms with E-state index >= 15 is 0 Å². The van der Waals surface area contributed by atoms with Gasteiger partial charge in [-0.3, -0.25) is 4.79 Å². The molecule has 0 saturated heterocycles. The molecular formula is C21H15BrO4. The quantitative estimate of drug-likeness (QED) is 0.329. The maximum atomic E-state index is 12.0. The second kappa shape index (κ2) is 8.45. The summed E-state index contributed by atoms with van der Waals surface area (Å²) in [6.07, 6.45) is 0.635. The van der Waals surface area contributed by atoms with Crippen LogP contribution in [0.3, 0.4) is 0 Å². The van der Waals surface area contributed by atoms with E-state index in [-0.39, 0.29) is 12.4 Å². The predicted octanol–water partition coefficient (Wildman–Crippen LogP) is 4.91. The summed E-state index contributed by atoms with van der Waals surface area (Å²) >= 11 is 3.26. The highest BCUT2D eigenvalue weighted by Gasteiger charge is 2.10. The lowest BCUT2D eigenvalue weighted by Gasteiger charge is -2.09. The van der Waals surface area contributed by atoms with Crippen molar-refractivity contribution >= 4 is 28.2 Å². The molecule has 0 N–H and O–H groups in total. The average Bonchev–Trinajstić information content (AvgIpc) is 2.69. The third kappa shape index (κ3) is 4.58. The summed E-state index contributed by atoms with van der Waals surface area (Å²) in [6, 6.07) is 22.2. The van der Waals surface area contributed by atoms with Gasteiger partial charge in [0.05, 0.1) is 5.56 Å². The van der Waals surface area contributed by atoms with Gasteiger partial charge in [-0.15, -0.1) is 0 Å². The number of rotatable bonds is 6. The first-order chi connectivity index (χ1) is 12.7. The minimum absolute atomic E-state index is 0.205. The Morgan fingerprint density at radius 3 is 2.31 bits per heavy atom. The maximum Gasteiger partial charge on any atom is 0.349 e. The lowest BCUT2D eigenvalue weighted by molar-refractivity contribution is -0.136. The molecule has 0 aromatic heterocycles. The largest absolute Gasteiger partial charge is 0.482 e. The molecule has 0 amide bonds. The van der Waals surface area contributed by atoms with Crippen molar-refractivity contribution in [2.24, 2.45) is 0 Å². The van der Waals surface area contributed by atoms with Crippen LogP contribution < -0.4 is 9.47 Å². The van der Waals surface area contributed by atoms with Crippen molar-refractivity contribution in [2.45, 2.75) is 0 Å². The Morgan fingerprint density at radius 1 is 0.923 bits per heavy atom. The number of carbonyl (C=O) groups excluding carboxylic acids is 2. The predicted molar refractivity (Wildman–Crippen MR) is 103 cm³/mol. The Hall–Kier alpha value is -2.92. The Morgan fingerprint density at radius 2 is 1.62 bits per heavy atom. The summed E-state index contributed by atoms with van der Waals surface area (Å²) in [5.74, 6) is 0.187. The third-order valence-corrected chi connectivity index (χ3v) is 4.13. The van der Waals surface area contributed by atoms with Gasteiger partial charge in [-0.2, -0.15) is 0 Å². The summed E-state index contributed by atoms with van der Waals surface area (Å²) in [7, 11) is 0. The molecule has 0 saturated carbocycles. The first-order valence-electron chi connectivity index (χ1n) is 7.89. The molecule has 26 heavy (non-hydrogen) atoms. The topological polar surface area (TPSA) is 52.6 Å². The van der Waals surface area contributed by atoms with E-state index < -0.39 is 5.97 Å². The lowest BCUT2D eigenvalue weighted by Crippen LogP contribution is -2.18. The van der Waals surface area contributed by atoms with Gasteiger partial charge in [-0.25, -0.2) is 4.79 Å². The van der Waals surface area contributed by atoms with Gasteiger partial charge in [0.15, 0.2) is 12.9 Å². The van der Waals surface area contributed by atoms with Crippen LogP contribution in [0, 0.1) is 0 Å². The number of aldehydes is 1. The highest BCUT2D eigenvalue weighted by Crippen LogP contribution is 2.23. The summed E-state index contributed by atoms with van der Waals surface area (Å²) in [5.41, 5.74) is 2.46. The van der Waals surface area contributed by atoms with E-state index in [0.29, 0.717) is 17.6 Å². The molecule has 0 atom stereocenters. The Kier molecular flexibility index (Phi) is 5.81. The molecule has 3 rings (SSSR count). The molecule has 0 aliphatic rings. The van der Waals surface area contributed by atoms with E-state index in [9.17, 15) is 9.59 Å². The first-order valence-corrected chi connectivity index (χ1v) is 8.69. The van der Waals surface area contributed by atoms with Crippen LogP contribution >= 0.6 is 15.9 Å². The summed E-state index contributed by atoms with van der Waals surface area (Å²) in [6.45, 7) is -0.251. The van der Waals surface area contributed by atoms with Gasteiger partial charge < -0.3 is 9.47 Å². The molecule has 0 aliphatic heterocycles. The van der Waals surface area contributed by atoms with Gasteiger partial charge in [-0.05, 0) is 41.5 Å². The molecule has 0 spiro atoms. The Labute approximate surface area is 159 Å². The van der Waals surface area contributed by atoms with E-state index in [4.69, 9.17) is 9.47 Å². The van der Waals surface area contributed by atoms with Gasteiger partial charge >= 0.3 is 5.97 Å². The molecule has 3 aromatic rings. The maximum absolute atomic E-state index is 12.0. The molecule has 0 fully saturated rings. The minimum Gasteiger partial charge on any atom is -0.482 e. The summed E-state index contributed by atoms with van der Waals surface area (Å²) in [5, 5.41) is 0. The van der Waals surface area contributed by atoms with Crippen LogP contribution in [0.25, 0.3) is 11.1 Å². The smallest absolute Gasteiger partial charge is 0.349 e. The second-order valence-corrected chi connectivity index (χ2v) is 6.37. The van der Waals surface area contributed by atoms with Crippen LogP contribution in [0.2, 0.25) is 0 Å². The van der Waals surface area contributed by atoms with Gasteiger partial charge in [0.2, 0.25) is 0 Å². The fraction of sp³-hybridized carbons (Fsp3) is 0.0476. The van der Waals surface area contributed by atoms with Crippen LogP contribution in [-0.2, 0) is 4.79 Å². The fourth-order valence-corrected chi connectivity index (χ4v) is 2.75. The van der Waals surface area contributed by atoms with Crippen LogP contribution in [0.1, 0.15) is 10.4 Å². The van der Waals surface area contributed by atoms with Crippen molar-refractivity contribution in [3.63, 3.8) is 0 Å². The molecule has 0 unspecified atom stereocenters. The fourth-order valence-electron chi connectivity index (χ4n) is 2.37. The Balaban J connectivity index is 1.59. The van der Waals surface area contributed by atoms with Crippen LogP contribution in [0.5, 0.6) is 11.5 Å². The van der Waals surface area contributed by atoms with E-state index in [1.807, 2.05) is 42.5 Å². The van der Waals surface area contributed by atoms with Gasteiger partial charge in [0, 0.05) is 4.47 Å². The van der Waals surface area contributed by atoms with Crippen molar-refractivity contribution in [2.75, 3.05) is 6.61 Å². The monoisotopic (exact) mass is 410 g/mol. The molecule has 130 valence electrons. The van der Waals surface area contributed by atoms with E-state index in [0.717, 1.165) is 15.6 Å². The average molecular weight is 411 g/mol. The number of ether oxygens (including phenoxy) is 2. The first kappa shape index (κ1) is 17.9. The number of hydrogen-bond donors (Lipinski definition) is 0. The SMILES string of the molecule is O=Cc1cc(Br)ccc1OC(=O)COc1ccc(-c2ccccc2)cc1. The van der Waals surface area contributed by atoms with Crippen LogP contribution in [0.15, 0.2) is 77.3 Å². The standard InChI is InChI=1S/C21H15BrO4/c22-18-8-11-20(17(12-18)13-23)26-21(24)14-25-19-9-6-16(7-10-19)15-4-2-1-3-5-15/h1-13H,14H2. The lowest BCUT2D eigenvalue weighted by atomic mass is 10.1. The zero-order chi connectivity index (χ0) is 18.4. The molecule has 0 bridgehead atoms. The summed E-state index contributed by atoms with van der Waals surface area (Å²) < 4.78 is 11.4. The van der Waals surface area contributed by atoms with Gasteiger partial charge in [0.1, 0.15) is 11.5 Å². The molecular weight excluding hydrogens is 396 g/mol. The van der Waals surface area contributed by atoms with Crippen molar-refractivity contribution in [3.8, 4) is 22.6 Å². The van der Waals surface area contributed by atoms with Crippen molar-refractivity contribution in [1.29, 1.82) is 0 Å².